The van der Waals surface area contributed by atoms with Crippen molar-refractivity contribution >= 4 is 0 Å². The molecule has 6 aliphatic rings. The van der Waals surface area contributed by atoms with Crippen molar-refractivity contribution in [1.82, 2.24) is 4.90 Å². The van der Waals surface area contributed by atoms with E-state index in [2.05, 4.69) is 11.0 Å². The topological polar surface area (TPSA) is 67.5 Å². The molecule has 0 amide bonds. The van der Waals surface area contributed by atoms with Gasteiger partial charge in [-0.05, 0) is 84.9 Å². The van der Waals surface area contributed by atoms with Crippen molar-refractivity contribution in [3.05, 3.63) is 35.4 Å². The number of nitrogens with zero attached hydrogens (tertiary/aromatic N) is 2. The fourth-order valence-corrected chi connectivity index (χ4v) is 8.77. The van der Waals surface area contributed by atoms with E-state index in [1.165, 1.54) is 12.8 Å². The molecule has 9 atom stereocenters. The number of benzene rings is 1. The van der Waals surface area contributed by atoms with E-state index in [9.17, 15) is 10.2 Å². The molecule has 2 N–H and O–H groups in total. The van der Waals surface area contributed by atoms with Crippen LogP contribution in [0.25, 0.3) is 0 Å². The maximum atomic E-state index is 11.7. The predicted molar refractivity (Wildman–Crippen MR) is 95.7 cm³/mol. The summed E-state index contributed by atoms with van der Waals surface area (Å²) in [5, 5.41) is 31.4. The Morgan fingerprint density at radius 3 is 2.46 bits per heavy atom. The minimum Gasteiger partial charge on any atom is -0.388 e. The number of aliphatic hydroxyl groups excluding tert-OH is 1. The second-order valence-corrected chi connectivity index (χ2v) is 9.77. The highest BCUT2D eigenvalue weighted by atomic mass is 16.3. The maximum Gasteiger partial charge on any atom is 0.0991 e. The zero-order chi connectivity index (χ0) is 17.8. The molecule has 1 aromatic carbocycles. The summed E-state index contributed by atoms with van der Waals surface area (Å²) in [5.41, 5.74) is 0.822. The fourth-order valence-electron chi connectivity index (χ4n) is 8.77. The standard InChI is InChI=1S/C22H26N2O2/c1-24(9-17(25)12-4-2-3-11(5-12)8-23)10-22(26)20-15-6-13-14-7-16(18(13)20)21(22)19(14)15/h2-5,13-21,25-26H,6-7,9-10H2,1H3. The van der Waals surface area contributed by atoms with Crippen LogP contribution < -0.4 is 0 Å². The van der Waals surface area contributed by atoms with Crippen molar-refractivity contribution < 1.29 is 10.2 Å². The fraction of sp³-hybridized carbons (Fsp3) is 0.682. The molecule has 9 unspecified atom stereocenters. The first-order valence-corrected chi connectivity index (χ1v) is 10.1. The minimum atomic E-state index is -0.630. The molecule has 0 heterocycles. The third kappa shape index (κ3) is 1.66. The van der Waals surface area contributed by atoms with Crippen molar-refractivity contribution in [2.75, 3.05) is 20.1 Å². The Kier molecular flexibility index (Phi) is 2.94. The van der Waals surface area contributed by atoms with E-state index in [-0.39, 0.29) is 0 Å². The Labute approximate surface area is 154 Å². The lowest BCUT2D eigenvalue weighted by Gasteiger charge is -2.34. The minimum absolute atomic E-state index is 0.494. The highest BCUT2D eigenvalue weighted by Gasteiger charge is 2.84. The van der Waals surface area contributed by atoms with Gasteiger partial charge in [-0.2, -0.15) is 5.26 Å². The number of hydrogen-bond donors (Lipinski definition) is 2. The van der Waals surface area contributed by atoms with Crippen LogP contribution in [-0.2, 0) is 0 Å². The first-order chi connectivity index (χ1) is 12.5. The first-order valence-electron chi connectivity index (χ1n) is 10.1. The van der Waals surface area contributed by atoms with Gasteiger partial charge in [0.05, 0.1) is 23.3 Å². The van der Waals surface area contributed by atoms with E-state index < -0.39 is 11.7 Å². The number of nitriles is 1. The Morgan fingerprint density at radius 2 is 1.85 bits per heavy atom. The Balaban J connectivity index is 1.19. The smallest absolute Gasteiger partial charge is 0.0991 e. The Morgan fingerprint density at radius 1 is 1.19 bits per heavy atom. The number of likely N-dealkylation sites (N-methyl/N-ethyl adjacent to an activating group) is 1. The molecule has 0 aromatic heterocycles. The molecule has 1 aromatic rings. The average Bonchev–Trinajstić information content (AvgIpc) is 3.36. The summed E-state index contributed by atoms with van der Waals surface area (Å²) in [6.45, 7) is 1.17. The summed E-state index contributed by atoms with van der Waals surface area (Å²) < 4.78 is 0. The summed E-state index contributed by atoms with van der Waals surface area (Å²) >= 11 is 0. The lowest BCUT2D eigenvalue weighted by molar-refractivity contribution is -0.0450. The van der Waals surface area contributed by atoms with E-state index in [0.717, 1.165) is 41.1 Å². The quantitative estimate of drug-likeness (QED) is 0.853. The van der Waals surface area contributed by atoms with Gasteiger partial charge < -0.3 is 15.1 Å². The van der Waals surface area contributed by atoms with Gasteiger partial charge in [0.15, 0.2) is 0 Å². The molecule has 0 spiro atoms. The van der Waals surface area contributed by atoms with Gasteiger partial charge in [0, 0.05) is 13.1 Å². The van der Waals surface area contributed by atoms with Gasteiger partial charge in [0.1, 0.15) is 0 Å². The van der Waals surface area contributed by atoms with Gasteiger partial charge >= 0.3 is 0 Å². The SMILES string of the molecule is CN(CC(O)c1cccc(C#N)c1)CC1(O)C2C3CC4C5CC(C42)C1C53. The number of rotatable bonds is 5. The lowest BCUT2D eigenvalue weighted by Crippen LogP contribution is -2.47. The largest absolute Gasteiger partial charge is 0.388 e. The summed E-state index contributed by atoms with van der Waals surface area (Å²) in [7, 11) is 2.02. The highest BCUT2D eigenvalue weighted by Crippen LogP contribution is 2.85. The second-order valence-electron chi connectivity index (χ2n) is 9.77. The zero-order valence-electron chi connectivity index (χ0n) is 15.1. The molecule has 6 saturated carbocycles. The number of hydrogen-bond acceptors (Lipinski definition) is 4. The van der Waals surface area contributed by atoms with E-state index in [0.29, 0.717) is 30.5 Å². The van der Waals surface area contributed by atoms with Crippen molar-refractivity contribution in [3.63, 3.8) is 0 Å². The van der Waals surface area contributed by atoms with Gasteiger partial charge in [-0.15, -0.1) is 0 Å². The molecule has 4 heteroatoms. The molecule has 7 rings (SSSR count). The molecule has 26 heavy (non-hydrogen) atoms. The van der Waals surface area contributed by atoms with E-state index >= 15 is 0 Å². The normalized spacial score (nSPS) is 49.7. The van der Waals surface area contributed by atoms with Crippen LogP contribution in [0.15, 0.2) is 24.3 Å². The van der Waals surface area contributed by atoms with Crippen LogP contribution in [0.3, 0.4) is 0 Å². The van der Waals surface area contributed by atoms with Crippen LogP contribution in [0.2, 0.25) is 0 Å². The molecule has 6 fully saturated rings. The maximum absolute atomic E-state index is 11.7. The summed E-state index contributed by atoms with van der Waals surface area (Å²) in [4.78, 5) is 2.12. The van der Waals surface area contributed by atoms with Crippen molar-refractivity contribution in [2.45, 2.75) is 24.5 Å². The second kappa shape index (κ2) is 4.90. The lowest BCUT2D eigenvalue weighted by atomic mass is 9.71. The van der Waals surface area contributed by atoms with E-state index in [4.69, 9.17) is 5.26 Å². The van der Waals surface area contributed by atoms with Crippen LogP contribution >= 0.6 is 0 Å². The summed E-state index contributed by atoms with van der Waals surface area (Å²) in [6.07, 6.45) is 2.13. The third-order valence-electron chi connectivity index (χ3n) is 8.93. The summed E-state index contributed by atoms with van der Waals surface area (Å²) in [6, 6.07) is 9.34. The van der Waals surface area contributed by atoms with Crippen LogP contribution in [0.1, 0.15) is 30.1 Å². The van der Waals surface area contributed by atoms with Crippen LogP contribution in [0, 0.1) is 58.7 Å². The van der Waals surface area contributed by atoms with Crippen molar-refractivity contribution in [2.24, 2.45) is 47.3 Å². The van der Waals surface area contributed by atoms with E-state index in [1.807, 2.05) is 19.2 Å². The highest BCUT2D eigenvalue weighted by molar-refractivity contribution is 5.34. The van der Waals surface area contributed by atoms with Gasteiger partial charge in [0.2, 0.25) is 0 Å². The van der Waals surface area contributed by atoms with Crippen LogP contribution in [0.5, 0.6) is 0 Å². The van der Waals surface area contributed by atoms with Gasteiger partial charge in [-0.25, -0.2) is 0 Å². The van der Waals surface area contributed by atoms with Crippen molar-refractivity contribution in [1.29, 1.82) is 5.26 Å². The molecule has 0 aliphatic heterocycles. The molecule has 0 saturated heterocycles. The molecular formula is C22H26N2O2. The van der Waals surface area contributed by atoms with Gasteiger partial charge in [-0.3, -0.25) is 0 Å². The van der Waals surface area contributed by atoms with Gasteiger partial charge in [0.25, 0.3) is 0 Å². The molecule has 6 aliphatic carbocycles. The van der Waals surface area contributed by atoms with Crippen LogP contribution in [0.4, 0.5) is 0 Å². The van der Waals surface area contributed by atoms with Crippen LogP contribution in [-0.4, -0.2) is 40.9 Å². The van der Waals surface area contributed by atoms with Crippen molar-refractivity contribution in [3.8, 4) is 6.07 Å². The first kappa shape index (κ1) is 15.6. The average molecular weight is 350 g/mol. The molecule has 4 nitrogen and oxygen atoms in total. The third-order valence-corrected chi connectivity index (χ3v) is 8.93. The molecule has 6 bridgehead atoms. The van der Waals surface area contributed by atoms with E-state index in [1.54, 1.807) is 12.1 Å². The number of aliphatic hydroxyl groups is 2. The van der Waals surface area contributed by atoms with Gasteiger partial charge in [-0.1, -0.05) is 12.1 Å². The predicted octanol–water partition coefficient (Wildman–Crippen LogP) is 2.03. The molecular weight excluding hydrogens is 324 g/mol. The zero-order valence-corrected chi connectivity index (χ0v) is 15.1. The Hall–Kier alpha value is -1.41. The Bertz CT molecular complexity index is 789. The molecule has 0 radical (unpaired) electrons. The molecule has 136 valence electrons. The monoisotopic (exact) mass is 350 g/mol. The summed E-state index contributed by atoms with van der Waals surface area (Å²) in [5.74, 6) is 6.07.